The van der Waals surface area contributed by atoms with Crippen LogP contribution in [0.4, 0.5) is 0 Å². The van der Waals surface area contributed by atoms with Crippen molar-refractivity contribution < 1.29 is 26.9 Å². The lowest BCUT2D eigenvalue weighted by Gasteiger charge is -2.34. The highest BCUT2D eigenvalue weighted by atomic mass is 32.2. The summed E-state index contributed by atoms with van der Waals surface area (Å²) in [5.74, 6) is 0.227. The summed E-state index contributed by atoms with van der Waals surface area (Å²) >= 11 is 0. The van der Waals surface area contributed by atoms with Crippen molar-refractivity contribution in [1.29, 1.82) is 0 Å². The van der Waals surface area contributed by atoms with E-state index in [0.717, 1.165) is 5.56 Å². The largest absolute Gasteiger partial charge is 0.490 e. The van der Waals surface area contributed by atoms with Crippen LogP contribution in [0.3, 0.4) is 0 Å². The van der Waals surface area contributed by atoms with Crippen molar-refractivity contribution >= 4 is 16.1 Å². The molecule has 1 aliphatic rings. The maximum atomic E-state index is 12.3. The van der Waals surface area contributed by atoms with Crippen LogP contribution >= 0.6 is 0 Å². The molecule has 0 atom stereocenters. The molecule has 1 aliphatic carbocycles. The van der Waals surface area contributed by atoms with E-state index < -0.39 is 21.8 Å². The molecular formula is C22H26O6S. The summed E-state index contributed by atoms with van der Waals surface area (Å²) in [6.45, 7) is 7.34. The van der Waals surface area contributed by atoms with Crippen LogP contribution in [0.2, 0.25) is 0 Å². The Morgan fingerprint density at radius 3 is 2.07 bits per heavy atom. The van der Waals surface area contributed by atoms with E-state index in [-0.39, 0.29) is 17.0 Å². The maximum Gasteiger partial charge on any atom is 0.338 e. The van der Waals surface area contributed by atoms with Gasteiger partial charge in [0.2, 0.25) is 0 Å². The van der Waals surface area contributed by atoms with Crippen LogP contribution in [0.15, 0.2) is 53.4 Å². The standard InChI is InChI=1S/C22H26O6S/c1-15-5-11-20(12-6-15)29(24,25)28-19-13-18(14-19)26-17-9-7-16(8-10-17)21(23)27-22(2,3)4/h5-12,18-19H,13-14H2,1-4H3. The van der Waals surface area contributed by atoms with E-state index in [1.807, 2.05) is 27.7 Å². The molecule has 156 valence electrons. The molecule has 2 aromatic rings. The summed E-state index contributed by atoms with van der Waals surface area (Å²) < 4.78 is 41.1. The van der Waals surface area contributed by atoms with E-state index in [2.05, 4.69) is 0 Å². The van der Waals surface area contributed by atoms with Gasteiger partial charge in [-0.2, -0.15) is 8.42 Å². The molecule has 0 radical (unpaired) electrons. The molecule has 7 heteroatoms. The lowest BCUT2D eigenvalue weighted by atomic mass is 9.92. The van der Waals surface area contributed by atoms with Crippen molar-refractivity contribution in [3.05, 3.63) is 59.7 Å². The first-order valence-electron chi connectivity index (χ1n) is 9.52. The van der Waals surface area contributed by atoms with E-state index in [9.17, 15) is 13.2 Å². The SMILES string of the molecule is Cc1ccc(S(=O)(=O)OC2CC(Oc3ccc(C(=O)OC(C)(C)C)cc3)C2)cc1. The van der Waals surface area contributed by atoms with Crippen molar-refractivity contribution in [3.63, 3.8) is 0 Å². The van der Waals surface area contributed by atoms with Crippen LogP contribution in [-0.2, 0) is 19.0 Å². The number of benzene rings is 2. The number of esters is 1. The Labute approximate surface area is 171 Å². The van der Waals surface area contributed by atoms with Crippen molar-refractivity contribution in [2.24, 2.45) is 0 Å². The van der Waals surface area contributed by atoms with E-state index in [0.29, 0.717) is 24.2 Å². The molecule has 0 bridgehead atoms. The number of carbonyl (C=O) groups is 1. The quantitative estimate of drug-likeness (QED) is 0.515. The van der Waals surface area contributed by atoms with Gasteiger partial charge in [-0.05, 0) is 64.1 Å². The monoisotopic (exact) mass is 418 g/mol. The fourth-order valence-electron chi connectivity index (χ4n) is 2.83. The molecule has 0 N–H and O–H groups in total. The molecule has 0 heterocycles. The van der Waals surface area contributed by atoms with E-state index in [1.165, 1.54) is 0 Å². The molecule has 0 aliphatic heterocycles. The minimum Gasteiger partial charge on any atom is -0.490 e. The van der Waals surface area contributed by atoms with Gasteiger partial charge in [0, 0.05) is 12.8 Å². The molecule has 2 aromatic carbocycles. The third-order valence-corrected chi connectivity index (χ3v) is 5.79. The van der Waals surface area contributed by atoms with Gasteiger partial charge in [-0.25, -0.2) is 4.79 Å². The highest BCUT2D eigenvalue weighted by Crippen LogP contribution is 2.31. The minimum atomic E-state index is -3.77. The number of ether oxygens (including phenoxy) is 2. The maximum absolute atomic E-state index is 12.3. The van der Waals surface area contributed by atoms with Crippen molar-refractivity contribution in [3.8, 4) is 5.75 Å². The third-order valence-electron chi connectivity index (χ3n) is 4.42. The Hall–Kier alpha value is -2.38. The smallest absolute Gasteiger partial charge is 0.338 e. The molecule has 29 heavy (non-hydrogen) atoms. The lowest BCUT2D eigenvalue weighted by Crippen LogP contribution is -2.40. The van der Waals surface area contributed by atoms with Gasteiger partial charge >= 0.3 is 5.97 Å². The summed E-state index contributed by atoms with van der Waals surface area (Å²) in [6, 6.07) is 13.3. The van der Waals surface area contributed by atoms with Gasteiger partial charge in [-0.15, -0.1) is 0 Å². The van der Waals surface area contributed by atoms with Crippen molar-refractivity contribution in [2.75, 3.05) is 0 Å². The van der Waals surface area contributed by atoms with Gasteiger partial charge in [0.15, 0.2) is 0 Å². The second kappa shape index (κ2) is 8.16. The first-order chi connectivity index (χ1) is 13.5. The Balaban J connectivity index is 1.49. The van der Waals surface area contributed by atoms with Crippen LogP contribution < -0.4 is 4.74 Å². The zero-order valence-electron chi connectivity index (χ0n) is 17.0. The summed E-state index contributed by atoms with van der Waals surface area (Å²) in [5.41, 5.74) is 0.886. The van der Waals surface area contributed by atoms with Crippen molar-refractivity contribution in [1.82, 2.24) is 0 Å². The molecule has 0 unspecified atom stereocenters. The Kier molecular flexibility index (Phi) is 6.00. The molecule has 3 rings (SSSR count). The average molecular weight is 419 g/mol. The summed E-state index contributed by atoms with van der Waals surface area (Å²) in [4.78, 5) is 12.2. The number of hydrogen-bond donors (Lipinski definition) is 0. The van der Waals surface area contributed by atoms with Gasteiger partial charge in [0.05, 0.1) is 16.6 Å². The minimum absolute atomic E-state index is 0.124. The highest BCUT2D eigenvalue weighted by molar-refractivity contribution is 7.86. The summed E-state index contributed by atoms with van der Waals surface area (Å²) in [7, 11) is -3.77. The van der Waals surface area contributed by atoms with Crippen LogP contribution in [-0.4, -0.2) is 32.2 Å². The first-order valence-corrected chi connectivity index (χ1v) is 10.9. The third kappa shape index (κ3) is 5.81. The van der Waals surface area contributed by atoms with Gasteiger partial charge < -0.3 is 9.47 Å². The zero-order chi connectivity index (χ0) is 21.2. The number of aryl methyl sites for hydroxylation is 1. The molecule has 0 amide bonds. The Bertz CT molecular complexity index is 950. The normalized spacial score (nSPS) is 19.3. The van der Waals surface area contributed by atoms with Crippen LogP contribution in [0.25, 0.3) is 0 Å². The first kappa shape index (κ1) is 21.3. The molecular weight excluding hydrogens is 392 g/mol. The molecule has 0 spiro atoms. The van der Waals surface area contributed by atoms with E-state index in [1.54, 1.807) is 48.5 Å². The zero-order valence-corrected chi connectivity index (χ0v) is 17.9. The van der Waals surface area contributed by atoms with Gasteiger partial charge in [0.1, 0.15) is 17.5 Å². The fourth-order valence-corrected chi connectivity index (χ4v) is 3.93. The fraction of sp³-hybridized carbons (Fsp3) is 0.409. The predicted molar refractivity (Wildman–Crippen MR) is 108 cm³/mol. The summed E-state index contributed by atoms with van der Waals surface area (Å²) in [6.07, 6.45) is 0.450. The molecule has 0 aromatic heterocycles. The number of hydrogen-bond acceptors (Lipinski definition) is 6. The van der Waals surface area contributed by atoms with Crippen LogP contribution in [0, 0.1) is 6.92 Å². The number of carbonyl (C=O) groups excluding carboxylic acids is 1. The average Bonchev–Trinajstić information content (AvgIpc) is 2.59. The molecule has 6 nitrogen and oxygen atoms in total. The molecule has 1 saturated carbocycles. The molecule has 1 fully saturated rings. The van der Waals surface area contributed by atoms with Gasteiger partial charge in [-0.3, -0.25) is 4.18 Å². The summed E-state index contributed by atoms with van der Waals surface area (Å²) in [5, 5.41) is 0. The Morgan fingerprint density at radius 1 is 0.931 bits per heavy atom. The van der Waals surface area contributed by atoms with E-state index >= 15 is 0 Å². The second-order valence-electron chi connectivity index (χ2n) is 8.22. The lowest BCUT2D eigenvalue weighted by molar-refractivity contribution is 0.00693. The van der Waals surface area contributed by atoms with Gasteiger partial charge in [-0.1, -0.05) is 17.7 Å². The predicted octanol–water partition coefficient (Wildman–Crippen LogP) is 4.27. The van der Waals surface area contributed by atoms with Crippen LogP contribution in [0.5, 0.6) is 5.75 Å². The van der Waals surface area contributed by atoms with Gasteiger partial charge in [0.25, 0.3) is 10.1 Å². The number of rotatable bonds is 6. The molecule has 0 saturated heterocycles. The topological polar surface area (TPSA) is 78.9 Å². The van der Waals surface area contributed by atoms with E-state index in [4.69, 9.17) is 13.7 Å². The van der Waals surface area contributed by atoms with Crippen molar-refractivity contribution in [2.45, 2.75) is 63.2 Å². The Morgan fingerprint density at radius 2 is 1.52 bits per heavy atom. The second-order valence-corrected chi connectivity index (χ2v) is 9.80. The highest BCUT2D eigenvalue weighted by Gasteiger charge is 2.36. The van der Waals surface area contributed by atoms with Crippen LogP contribution in [0.1, 0.15) is 49.5 Å².